The first kappa shape index (κ1) is 15.8. The number of nitrogens with zero attached hydrogens (tertiary/aromatic N) is 1. The van der Waals surface area contributed by atoms with Gasteiger partial charge in [-0.05, 0) is 18.2 Å². The SMILES string of the molecule is C=CCN(CC=C)C(=O)C(=O)Nc1ccc(N)cc1Cl. The van der Waals surface area contributed by atoms with Crippen LogP contribution >= 0.6 is 11.6 Å². The first-order valence-electron chi connectivity index (χ1n) is 5.86. The van der Waals surface area contributed by atoms with Crippen molar-refractivity contribution >= 4 is 34.8 Å². The third kappa shape index (κ3) is 4.13. The lowest BCUT2D eigenvalue weighted by molar-refractivity contribution is -0.142. The van der Waals surface area contributed by atoms with Crippen molar-refractivity contribution in [3.8, 4) is 0 Å². The van der Waals surface area contributed by atoms with Crippen LogP contribution in [0.4, 0.5) is 11.4 Å². The van der Waals surface area contributed by atoms with Crippen LogP contribution in [0.15, 0.2) is 43.5 Å². The molecule has 3 N–H and O–H groups in total. The third-order valence-electron chi connectivity index (χ3n) is 2.42. The minimum Gasteiger partial charge on any atom is -0.399 e. The van der Waals surface area contributed by atoms with Crippen LogP contribution in [0.25, 0.3) is 0 Å². The van der Waals surface area contributed by atoms with E-state index in [1.807, 2.05) is 0 Å². The molecule has 106 valence electrons. The molecule has 0 spiro atoms. The van der Waals surface area contributed by atoms with Gasteiger partial charge in [0.05, 0.1) is 10.7 Å². The third-order valence-corrected chi connectivity index (χ3v) is 2.73. The van der Waals surface area contributed by atoms with E-state index in [2.05, 4.69) is 18.5 Å². The van der Waals surface area contributed by atoms with Gasteiger partial charge >= 0.3 is 11.8 Å². The number of benzene rings is 1. The first-order chi connectivity index (χ1) is 9.49. The largest absolute Gasteiger partial charge is 0.399 e. The van der Waals surface area contributed by atoms with Crippen LogP contribution in [0.2, 0.25) is 5.02 Å². The molecule has 0 atom stereocenters. The van der Waals surface area contributed by atoms with Gasteiger partial charge in [0.2, 0.25) is 0 Å². The molecule has 0 bridgehead atoms. The van der Waals surface area contributed by atoms with Gasteiger partial charge in [-0.1, -0.05) is 23.8 Å². The monoisotopic (exact) mass is 293 g/mol. The van der Waals surface area contributed by atoms with E-state index < -0.39 is 11.8 Å². The maximum absolute atomic E-state index is 12.0. The standard InChI is InChI=1S/C14H16ClN3O2/c1-3-7-18(8-4-2)14(20)13(19)17-12-6-5-10(16)9-11(12)15/h3-6,9H,1-2,7-8,16H2,(H,17,19). The van der Waals surface area contributed by atoms with Crippen molar-refractivity contribution in [3.63, 3.8) is 0 Å². The number of nitrogens with two attached hydrogens (primary N) is 1. The summed E-state index contributed by atoms with van der Waals surface area (Å²) >= 11 is 5.93. The van der Waals surface area contributed by atoms with Crippen molar-refractivity contribution < 1.29 is 9.59 Å². The van der Waals surface area contributed by atoms with E-state index in [-0.39, 0.29) is 18.1 Å². The fraction of sp³-hybridized carbons (Fsp3) is 0.143. The molecule has 5 nitrogen and oxygen atoms in total. The number of carbonyl (C=O) groups is 2. The molecule has 1 aromatic rings. The molecule has 0 saturated carbocycles. The highest BCUT2D eigenvalue weighted by Gasteiger charge is 2.20. The van der Waals surface area contributed by atoms with Gasteiger partial charge in [0.25, 0.3) is 0 Å². The van der Waals surface area contributed by atoms with Gasteiger partial charge in [0.15, 0.2) is 0 Å². The van der Waals surface area contributed by atoms with E-state index in [1.54, 1.807) is 6.07 Å². The zero-order valence-corrected chi connectivity index (χ0v) is 11.7. The zero-order chi connectivity index (χ0) is 15.1. The van der Waals surface area contributed by atoms with Crippen LogP contribution in [0, 0.1) is 0 Å². The van der Waals surface area contributed by atoms with Crippen molar-refractivity contribution in [2.45, 2.75) is 0 Å². The van der Waals surface area contributed by atoms with Crippen molar-refractivity contribution in [3.05, 3.63) is 48.5 Å². The zero-order valence-electron chi connectivity index (χ0n) is 10.9. The molecule has 0 unspecified atom stereocenters. The van der Waals surface area contributed by atoms with Crippen LogP contribution < -0.4 is 11.1 Å². The van der Waals surface area contributed by atoms with Crippen LogP contribution in [0.1, 0.15) is 0 Å². The van der Waals surface area contributed by atoms with E-state index in [1.165, 1.54) is 29.2 Å². The Hall–Kier alpha value is -2.27. The number of nitrogens with one attached hydrogen (secondary N) is 1. The fourth-order valence-electron chi connectivity index (χ4n) is 1.50. The lowest BCUT2D eigenvalue weighted by atomic mass is 10.3. The van der Waals surface area contributed by atoms with Crippen molar-refractivity contribution in [1.82, 2.24) is 4.90 Å². The molecule has 0 fully saturated rings. The average Bonchev–Trinajstić information content (AvgIpc) is 2.40. The molecule has 0 heterocycles. The summed E-state index contributed by atoms with van der Waals surface area (Å²) in [5.41, 5.74) is 6.35. The predicted octanol–water partition coefficient (Wildman–Crippen LogP) is 2.06. The Morgan fingerprint density at radius 1 is 1.30 bits per heavy atom. The number of carbonyl (C=O) groups excluding carboxylic acids is 2. The Morgan fingerprint density at radius 3 is 2.40 bits per heavy atom. The molecule has 0 aliphatic heterocycles. The van der Waals surface area contributed by atoms with E-state index in [0.29, 0.717) is 11.4 Å². The van der Waals surface area contributed by atoms with E-state index in [9.17, 15) is 9.59 Å². The summed E-state index contributed by atoms with van der Waals surface area (Å²) in [6.45, 7) is 7.59. The second-order valence-electron chi connectivity index (χ2n) is 3.98. The molecule has 0 radical (unpaired) electrons. The Kier molecular flexibility index (Phi) is 5.80. The van der Waals surface area contributed by atoms with Crippen LogP contribution in [-0.2, 0) is 9.59 Å². The van der Waals surface area contributed by atoms with Gasteiger partial charge in [0, 0.05) is 18.8 Å². The quantitative estimate of drug-likeness (QED) is 0.496. The molecule has 0 aliphatic carbocycles. The fourth-order valence-corrected chi connectivity index (χ4v) is 1.74. The summed E-state index contributed by atoms with van der Waals surface area (Å²) in [6, 6.07) is 4.61. The van der Waals surface area contributed by atoms with E-state index >= 15 is 0 Å². The highest BCUT2D eigenvalue weighted by Crippen LogP contribution is 2.23. The van der Waals surface area contributed by atoms with E-state index in [0.717, 1.165) is 0 Å². The van der Waals surface area contributed by atoms with Crippen LogP contribution in [0.3, 0.4) is 0 Å². The maximum Gasteiger partial charge on any atom is 0.313 e. The van der Waals surface area contributed by atoms with Gasteiger partial charge in [-0.15, -0.1) is 13.2 Å². The van der Waals surface area contributed by atoms with Crippen LogP contribution in [0.5, 0.6) is 0 Å². The average molecular weight is 294 g/mol. The minimum absolute atomic E-state index is 0.258. The van der Waals surface area contributed by atoms with Crippen molar-refractivity contribution in [1.29, 1.82) is 0 Å². The minimum atomic E-state index is -0.777. The molecule has 2 amide bonds. The van der Waals surface area contributed by atoms with Gasteiger partial charge in [0.1, 0.15) is 0 Å². The number of halogens is 1. The Morgan fingerprint density at radius 2 is 1.90 bits per heavy atom. The van der Waals surface area contributed by atoms with Gasteiger partial charge in [-0.3, -0.25) is 9.59 Å². The molecule has 6 heteroatoms. The van der Waals surface area contributed by atoms with Gasteiger partial charge in [-0.25, -0.2) is 0 Å². The lowest BCUT2D eigenvalue weighted by Gasteiger charge is -2.18. The molecular formula is C14H16ClN3O2. The number of rotatable bonds is 5. The number of amides is 2. The van der Waals surface area contributed by atoms with Crippen molar-refractivity contribution in [2.24, 2.45) is 0 Å². The maximum atomic E-state index is 12.0. The molecule has 0 aromatic heterocycles. The molecule has 1 rings (SSSR count). The first-order valence-corrected chi connectivity index (χ1v) is 6.24. The summed E-state index contributed by atoms with van der Waals surface area (Å²) in [5, 5.41) is 2.72. The number of nitrogen functional groups attached to an aromatic ring is 1. The van der Waals surface area contributed by atoms with Crippen LogP contribution in [-0.4, -0.2) is 29.8 Å². The molecule has 0 aliphatic rings. The summed E-state index contributed by atoms with van der Waals surface area (Å²) in [7, 11) is 0. The smallest absolute Gasteiger partial charge is 0.313 e. The Balaban J connectivity index is 2.80. The Labute approximate surface area is 122 Å². The summed E-state index contributed by atoms with van der Waals surface area (Å²) in [5.74, 6) is -1.46. The summed E-state index contributed by atoms with van der Waals surface area (Å²) < 4.78 is 0. The second kappa shape index (κ2) is 7.35. The predicted molar refractivity (Wildman–Crippen MR) is 81.5 cm³/mol. The number of hydrogen-bond donors (Lipinski definition) is 2. The topological polar surface area (TPSA) is 75.4 Å². The van der Waals surface area contributed by atoms with Gasteiger partial charge < -0.3 is 16.0 Å². The molecule has 0 saturated heterocycles. The molecule has 20 heavy (non-hydrogen) atoms. The number of hydrogen-bond acceptors (Lipinski definition) is 3. The lowest BCUT2D eigenvalue weighted by Crippen LogP contribution is -2.39. The normalized spacial score (nSPS) is 9.65. The molecule has 1 aromatic carbocycles. The summed E-state index contributed by atoms with van der Waals surface area (Å²) in [6.07, 6.45) is 3.07. The van der Waals surface area contributed by atoms with Gasteiger partial charge in [-0.2, -0.15) is 0 Å². The molecular weight excluding hydrogens is 278 g/mol. The second-order valence-corrected chi connectivity index (χ2v) is 4.39. The highest BCUT2D eigenvalue weighted by atomic mass is 35.5. The van der Waals surface area contributed by atoms with Crippen molar-refractivity contribution in [2.75, 3.05) is 24.1 Å². The Bertz CT molecular complexity index is 533. The summed E-state index contributed by atoms with van der Waals surface area (Å²) in [4.78, 5) is 25.1. The highest BCUT2D eigenvalue weighted by molar-refractivity contribution is 6.41. The number of anilines is 2. The van der Waals surface area contributed by atoms with E-state index in [4.69, 9.17) is 17.3 Å².